The standard InChI is InChI=1S/C14H21NO3/c1-4-18-14(17)12(15)13(16)11-7-5-10(6-8-11)9(2)3/h5-9,12-13,16H,4,15H2,1-3H3. The minimum atomic E-state index is -1.05. The fraction of sp³-hybridized carbons (Fsp3) is 0.500. The quantitative estimate of drug-likeness (QED) is 0.782. The average molecular weight is 251 g/mol. The highest BCUT2D eigenvalue weighted by molar-refractivity contribution is 5.76. The molecular formula is C14H21NO3. The van der Waals surface area contributed by atoms with Crippen LogP contribution in [0.1, 0.15) is 43.9 Å². The Balaban J connectivity index is 2.77. The van der Waals surface area contributed by atoms with Gasteiger partial charge in [-0.15, -0.1) is 0 Å². The van der Waals surface area contributed by atoms with Crippen molar-refractivity contribution in [2.24, 2.45) is 5.73 Å². The molecule has 0 spiro atoms. The van der Waals surface area contributed by atoms with Crippen LogP contribution in [-0.4, -0.2) is 23.7 Å². The first-order chi connectivity index (χ1) is 8.47. The summed E-state index contributed by atoms with van der Waals surface area (Å²) >= 11 is 0. The van der Waals surface area contributed by atoms with Crippen LogP contribution in [-0.2, 0) is 9.53 Å². The number of aliphatic hydroxyl groups excluding tert-OH is 1. The van der Waals surface area contributed by atoms with Crippen molar-refractivity contribution in [3.63, 3.8) is 0 Å². The molecule has 0 aliphatic heterocycles. The van der Waals surface area contributed by atoms with Gasteiger partial charge in [-0.05, 0) is 24.0 Å². The van der Waals surface area contributed by atoms with E-state index >= 15 is 0 Å². The Morgan fingerprint density at radius 2 is 1.78 bits per heavy atom. The number of aliphatic hydroxyl groups is 1. The van der Waals surface area contributed by atoms with Crippen LogP contribution in [0.15, 0.2) is 24.3 Å². The molecule has 0 fully saturated rings. The molecule has 0 aliphatic rings. The molecule has 0 aromatic heterocycles. The second kappa shape index (κ2) is 6.52. The third-order valence-corrected chi connectivity index (χ3v) is 2.84. The molecule has 18 heavy (non-hydrogen) atoms. The molecule has 2 atom stereocenters. The second-order valence-electron chi connectivity index (χ2n) is 4.54. The van der Waals surface area contributed by atoms with Crippen molar-refractivity contribution >= 4 is 5.97 Å². The summed E-state index contributed by atoms with van der Waals surface area (Å²) in [5.74, 6) is -0.159. The lowest BCUT2D eigenvalue weighted by Crippen LogP contribution is -2.38. The fourth-order valence-electron chi connectivity index (χ4n) is 1.65. The van der Waals surface area contributed by atoms with Crippen molar-refractivity contribution in [2.45, 2.75) is 38.8 Å². The maximum Gasteiger partial charge on any atom is 0.325 e. The van der Waals surface area contributed by atoms with Crippen LogP contribution in [0.4, 0.5) is 0 Å². The molecule has 0 saturated heterocycles. The van der Waals surface area contributed by atoms with Gasteiger partial charge in [-0.25, -0.2) is 0 Å². The number of benzene rings is 1. The van der Waals surface area contributed by atoms with E-state index in [0.29, 0.717) is 11.5 Å². The van der Waals surface area contributed by atoms with Crippen LogP contribution in [0.25, 0.3) is 0 Å². The fourth-order valence-corrected chi connectivity index (χ4v) is 1.65. The third kappa shape index (κ3) is 3.55. The lowest BCUT2D eigenvalue weighted by Gasteiger charge is -2.18. The van der Waals surface area contributed by atoms with E-state index in [2.05, 4.69) is 13.8 Å². The van der Waals surface area contributed by atoms with Crippen molar-refractivity contribution in [3.05, 3.63) is 35.4 Å². The number of carbonyl (C=O) groups is 1. The van der Waals surface area contributed by atoms with E-state index in [4.69, 9.17) is 10.5 Å². The van der Waals surface area contributed by atoms with Gasteiger partial charge >= 0.3 is 5.97 Å². The van der Waals surface area contributed by atoms with E-state index in [1.165, 1.54) is 5.56 Å². The predicted octanol–water partition coefficient (Wildman–Crippen LogP) is 1.73. The number of carbonyl (C=O) groups excluding carboxylic acids is 1. The number of nitrogens with two attached hydrogens (primary N) is 1. The number of hydrogen-bond donors (Lipinski definition) is 2. The molecule has 4 heteroatoms. The van der Waals surface area contributed by atoms with Gasteiger partial charge < -0.3 is 15.6 Å². The largest absolute Gasteiger partial charge is 0.465 e. The van der Waals surface area contributed by atoms with Crippen molar-refractivity contribution < 1.29 is 14.6 Å². The maximum atomic E-state index is 11.4. The maximum absolute atomic E-state index is 11.4. The molecule has 3 N–H and O–H groups in total. The van der Waals surface area contributed by atoms with Crippen molar-refractivity contribution in [2.75, 3.05) is 6.61 Å². The molecule has 1 aromatic rings. The highest BCUT2D eigenvalue weighted by Gasteiger charge is 2.25. The smallest absolute Gasteiger partial charge is 0.325 e. The molecule has 100 valence electrons. The van der Waals surface area contributed by atoms with Gasteiger partial charge in [-0.1, -0.05) is 38.1 Å². The summed E-state index contributed by atoms with van der Waals surface area (Å²) in [6, 6.07) is 6.40. The molecule has 4 nitrogen and oxygen atoms in total. The van der Waals surface area contributed by atoms with Gasteiger partial charge in [-0.2, -0.15) is 0 Å². The molecule has 0 radical (unpaired) electrons. The van der Waals surface area contributed by atoms with Gasteiger partial charge in [0.15, 0.2) is 0 Å². The molecule has 2 unspecified atom stereocenters. The normalized spacial score (nSPS) is 14.3. The SMILES string of the molecule is CCOC(=O)C(N)C(O)c1ccc(C(C)C)cc1. The summed E-state index contributed by atoms with van der Waals surface area (Å²) in [6.45, 7) is 6.14. The Bertz CT molecular complexity index is 387. The Hall–Kier alpha value is -1.39. The van der Waals surface area contributed by atoms with Crippen LogP contribution in [0, 0.1) is 0 Å². The zero-order valence-corrected chi connectivity index (χ0v) is 11.1. The van der Waals surface area contributed by atoms with Crippen molar-refractivity contribution in [3.8, 4) is 0 Å². The van der Waals surface area contributed by atoms with Crippen molar-refractivity contribution in [1.29, 1.82) is 0 Å². The van der Waals surface area contributed by atoms with Gasteiger partial charge in [-0.3, -0.25) is 4.79 Å². The van der Waals surface area contributed by atoms with E-state index < -0.39 is 18.1 Å². The van der Waals surface area contributed by atoms with Gasteiger partial charge in [0, 0.05) is 0 Å². The number of rotatable bonds is 5. The minimum absolute atomic E-state index is 0.255. The Morgan fingerprint density at radius 3 is 2.22 bits per heavy atom. The topological polar surface area (TPSA) is 72.5 Å². The zero-order chi connectivity index (χ0) is 13.7. The third-order valence-electron chi connectivity index (χ3n) is 2.84. The van der Waals surface area contributed by atoms with Crippen LogP contribution in [0.2, 0.25) is 0 Å². The van der Waals surface area contributed by atoms with E-state index in [0.717, 1.165) is 0 Å². The highest BCUT2D eigenvalue weighted by Crippen LogP contribution is 2.20. The van der Waals surface area contributed by atoms with Crippen LogP contribution < -0.4 is 5.73 Å². The van der Waals surface area contributed by atoms with E-state index in [1.54, 1.807) is 19.1 Å². The Labute approximate surface area is 108 Å². The van der Waals surface area contributed by atoms with Crippen LogP contribution >= 0.6 is 0 Å². The number of esters is 1. The lowest BCUT2D eigenvalue weighted by atomic mass is 9.97. The van der Waals surface area contributed by atoms with Crippen LogP contribution in [0.5, 0.6) is 0 Å². The molecule has 0 aliphatic carbocycles. The molecule has 0 heterocycles. The number of ether oxygens (including phenoxy) is 1. The van der Waals surface area contributed by atoms with E-state index in [1.807, 2.05) is 12.1 Å². The molecule has 0 amide bonds. The minimum Gasteiger partial charge on any atom is -0.465 e. The Kier molecular flexibility index (Phi) is 5.31. The van der Waals surface area contributed by atoms with Gasteiger partial charge in [0.1, 0.15) is 12.1 Å². The molecular weight excluding hydrogens is 230 g/mol. The summed E-state index contributed by atoms with van der Waals surface area (Å²) in [6.07, 6.45) is -1.04. The molecule has 1 rings (SSSR count). The Morgan fingerprint density at radius 1 is 1.28 bits per heavy atom. The summed E-state index contributed by atoms with van der Waals surface area (Å²) in [4.78, 5) is 11.4. The summed E-state index contributed by atoms with van der Waals surface area (Å²) in [5.41, 5.74) is 7.45. The highest BCUT2D eigenvalue weighted by atomic mass is 16.5. The molecule has 0 bridgehead atoms. The van der Waals surface area contributed by atoms with Gasteiger partial charge in [0.25, 0.3) is 0 Å². The average Bonchev–Trinajstić information content (AvgIpc) is 2.37. The molecule has 0 saturated carbocycles. The summed E-state index contributed by atoms with van der Waals surface area (Å²) in [7, 11) is 0. The summed E-state index contributed by atoms with van der Waals surface area (Å²) in [5, 5.41) is 9.99. The monoisotopic (exact) mass is 251 g/mol. The van der Waals surface area contributed by atoms with Crippen molar-refractivity contribution in [1.82, 2.24) is 0 Å². The first kappa shape index (κ1) is 14.7. The zero-order valence-electron chi connectivity index (χ0n) is 11.1. The van der Waals surface area contributed by atoms with E-state index in [9.17, 15) is 9.90 Å². The van der Waals surface area contributed by atoms with Gasteiger partial charge in [0.2, 0.25) is 0 Å². The van der Waals surface area contributed by atoms with Gasteiger partial charge in [0.05, 0.1) is 6.61 Å². The predicted molar refractivity (Wildman–Crippen MR) is 70.1 cm³/mol. The molecule has 1 aromatic carbocycles. The number of hydrogen-bond acceptors (Lipinski definition) is 4. The van der Waals surface area contributed by atoms with E-state index in [-0.39, 0.29) is 6.61 Å². The second-order valence-corrected chi connectivity index (χ2v) is 4.54. The summed E-state index contributed by atoms with van der Waals surface area (Å²) < 4.78 is 4.78. The first-order valence-electron chi connectivity index (χ1n) is 6.17. The van der Waals surface area contributed by atoms with Crippen LogP contribution in [0.3, 0.4) is 0 Å². The lowest BCUT2D eigenvalue weighted by molar-refractivity contribution is -0.147. The first-order valence-corrected chi connectivity index (χ1v) is 6.17.